The maximum absolute atomic E-state index is 12.0. The van der Waals surface area contributed by atoms with Crippen molar-refractivity contribution in [3.8, 4) is 11.8 Å². The quantitative estimate of drug-likeness (QED) is 0.442. The van der Waals surface area contributed by atoms with Crippen LogP contribution in [0.1, 0.15) is 6.92 Å². The topological polar surface area (TPSA) is 0 Å². The van der Waals surface area contributed by atoms with E-state index < -0.39 is 18.5 Å². The Kier molecular flexibility index (Phi) is 2.85. The van der Waals surface area contributed by atoms with Crippen LogP contribution in [0.2, 0.25) is 0 Å². The predicted octanol–water partition coefficient (Wildman–Crippen LogP) is 2.25. The van der Waals surface area contributed by atoms with Gasteiger partial charge in [-0.2, -0.15) is 17.6 Å². The molecule has 0 amide bonds. The first kappa shape index (κ1) is 10.2. The van der Waals surface area contributed by atoms with Gasteiger partial charge in [-0.3, -0.25) is 0 Å². The van der Waals surface area contributed by atoms with Crippen LogP contribution in [-0.4, -0.2) is 18.5 Å². The molecule has 0 aliphatic carbocycles. The van der Waals surface area contributed by atoms with Gasteiger partial charge >= 0.3 is 11.8 Å². The van der Waals surface area contributed by atoms with Gasteiger partial charge in [-0.25, -0.2) is 4.39 Å². The molecule has 0 fully saturated rings. The average Bonchev–Trinajstić information content (AvgIpc) is 1.87. The molecule has 0 radical (unpaired) electrons. The van der Waals surface area contributed by atoms with Crippen LogP contribution in [0.3, 0.4) is 0 Å². The lowest BCUT2D eigenvalue weighted by atomic mass is 10.2. The van der Waals surface area contributed by atoms with Crippen molar-refractivity contribution in [2.45, 2.75) is 18.8 Å². The molecule has 0 rings (SSSR count). The molecule has 0 spiro atoms. The van der Waals surface area contributed by atoms with Gasteiger partial charge in [-0.15, -0.1) is 5.92 Å². The molecule has 0 aromatic carbocycles. The van der Waals surface area contributed by atoms with Gasteiger partial charge in [0.15, 0.2) is 6.67 Å². The van der Waals surface area contributed by atoms with Crippen LogP contribution < -0.4 is 0 Å². The Bertz CT molecular complexity index is 185. The Balaban J connectivity index is 4.62. The van der Waals surface area contributed by atoms with Gasteiger partial charge in [0.05, 0.1) is 0 Å². The van der Waals surface area contributed by atoms with Gasteiger partial charge in [0.25, 0.3) is 0 Å². The standard InChI is InChI=1S/C6H5F5/c1-2-3-5(8,9)6(10,11)4-7/h4H2,1H3. The Morgan fingerprint density at radius 2 is 1.64 bits per heavy atom. The van der Waals surface area contributed by atoms with E-state index in [0.29, 0.717) is 0 Å². The van der Waals surface area contributed by atoms with Crippen molar-refractivity contribution in [2.75, 3.05) is 6.67 Å². The molecule has 0 aromatic rings. The van der Waals surface area contributed by atoms with E-state index in [2.05, 4.69) is 0 Å². The zero-order valence-electron chi connectivity index (χ0n) is 5.60. The third-order valence-corrected chi connectivity index (χ3v) is 0.909. The van der Waals surface area contributed by atoms with E-state index in [0.717, 1.165) is 12.8 Å². The van der Waals surface area contributed by atoms with Crippen molar-refractivity contribution in [3.63, 3.8) is 0 Å². The molecular formula is C6H5F5. The van der Waals surface area contributed by atoms with Crippen LogP contribution in [0.4, 0.5) is 22.0 Å². The number of alkyl halides is 5. The highest BCUT2D eigenvalue weighted by molar-refractivity contribution is 5.13. The van der Waals surface area contributed by atoms with Crippen LogP contribution >= 0.6 is 0 Å². The summed E-state index contributed by atoms with van der Waals surface area (Å²) < 4.78 is 59.1. The molecule has 0 bridgehead atoms. The monoisotopic (exact) mass is 172 g/mol. The van der Waals surface area contributed by atoms with Gasteiger partial charge in [-0.05, 0) is 12.8 Å². The van der Waals surface area contributed by atoms with Gasteiger partial charge in [0, 0.05) is 0 Å². The van der Waals surface area contributed by atoms with E-state index in [4.69, 9.17) is 0 Å². The van der Waals surface area contributed by atoms with Gasteiger partial charge < -0.3 is 0 Å². The molecule has 0 nitrogen and oxygen atoms in total. The second-order valence-electron chi connectivity index (χ2n) is 1.79. The first-order valence-electron chi connectivity index (χ1n) is 2.63. The zero-order chi connectivity index (χ0) is 9.12. The lowest BCUT2D eigenvalue weighted by Crippen LogP contribution is -2.41. The minimum Gasteiger partial charge on any atom is -0.244 e. The maximum atomic E-state index is 12.0. The number of hydrogen-bond donors (Lipinski definition) is 0. The molecule has 0 aromatic heterocycles. The minimum absolute atomic E-state index is 0.940. The van der Waals surface area contributed by atoms with Crippen molar-refractivity contribution in [3.05, 3.63) is 0 Å². The van der Waals surface area contributed by atoms with Crippen LogP contribution in [-0.2, 0) is 0 Å². The highest BCUT2D eigenvalue weighted by atomic mass is 19.3. The molecule has 0 unspecified atom stereocenters. The molecular weight excluding hydrogens is 167 g/mol. The number of rotatable bonds is 2. The van der Waals surface area contributed by atoms with E-state index in [-0.39, 0.29) is 0 Å². The summed E-state index contributed by atoms with van der Waals surface area (Å²) in [5.41, 5.74) is 0. The zero-order valence-corrected chi connectivity index (χ0v) is 5.60. The van der Waals surface area contributed by atoms with Gasteiger partial charge in [-0.1, -0.05) is 0 Å². The van der Waals surface area contributed by atoms with E-state index in [1.165, 1.54) is 0 Å². The second kappa shape index (κ2) is 3.07. The third-order valence-electron chi connectivity index (χ3n) is 0.909. The molecule has 64 valence electrons. The number of halogens is 5. The summed E-state index contributed by atoms with van der Waals surface area (Å²) in [6, 6.07) is 0. The van der Waals surface area contributed by atoms with Crippen LogP contribution in [0.5, 0.6) is 0 Å². The summed E-state index contributed by atoms with van der Waals surface area (Å²) in [5, 5.41) is 0. The Hall–Kier alpha value is -0.790. The molecule has 0 atom stereocenters. The van der Waals surface area contributed by atoms with Crippen LogP contribution in [0, 0.1) is 11.8 Å². The summed E-state index contributed by atoms with van der Waals surface area (Å²) in [4.78, 5) is 0. The summed E-state index contributed by atoms with van der Waals surface area (Å²) >= 11 is 0. The smallest absolute Gasteiger partial charge is 0.244 e. The predicted molar refractivity (Wildman–Crippen MR) is 29.3 cm³/mol. The molecule has 0 aliphatic heterocycles. The summed E-state index contributed by atoms with van der Waals surface area (Å²) in [6.45, 7) is -1.43. The van der Waals surface area contributed by atoms with E-state index >= 15 is 0 Å². The van der Waals surface area contributed by atoms with Crippen molar-refractivity contribution in [1.82, 2.24) is 0 Å². The molecule has 5 heteroatoms. The Labute approximate surface area is 60.4 Å². The molecule has 0 heterocycles. The van der Waals surface area contributed by atoms with Gasteiger partial charge in [0.1, 0.15) is 0 Å². The van der Waals surface area contributed by atoms with Gasteiger partial charge in [0.2, 0.25) is 0 Å². The summed E-state index contributed by atoms with van der Waals surface area (Å²) in [5.74, 6) is -6.72. The second-order valence-corrected chi connectivity index (χ2v) is 1.79. The lowest BCUT2D eigenvalue weighted by molar-refractivity contribution is -0.181. The SMILES string of the molecule is CC#CC(F)(F)C(F)(F)CF. The lowest BCUT2D eigenvalue weighted by Gasteiger charge is -2.18. The minimum atomic E-state index is -4.68. The molecule has 0 saturated carbocycles. The fourth-order valence-electron chi connectivity index (χ4n) is 0.332. The van der Waals surface area contributed by atoms with E-state index in [1.54, 1.807) is 5.92 Å². The highest BCUT2D eigenvalue weighted by Gasteiger charge is 2.55. The van der Waals surface area contributed by atoms with E-state index in [1.807, 2.05) is 0 Å². The largest absolute Gasteiger partial charge is 0.372 e. The number of hydrogen-bond acceptors (Lipinski definition) is 0. The van der Waals surface area contributed by atoms with Crippen LogP contribution in [0.15, 0.2) is 0 Å². The first-order chi connectivity index (χ1) is 4.87. The normalized spacial score (nSPS) is 12.2. The Morgan fingerprint density at radius 3 is 1.91 bits per heavy atom. The van der Waals surface area contributed by atoms with Crippen molar-refractivity contribution < 1.29 is 22.0 Å². The fraction of sp³-hybridized carbons (Fsp3) is 0.667. The van der Waals surface area contributed by atoms with E-state index in [9.17, 15) is 22.0 Å². The fourth-order valence-corrected chi connectivity index (χ4v) is 0.332. The Morgan fingerprint density at radius 1 is 1.18 bits per heavy atom. The molecule has 11 heavy (non-hydrogen) atoms. The highest BCUT2D eigenvalue weighted by Crippen LogP contribution is 2.33. The van der Waals surface area contributed by atoms with Crippen molar-refractivity contribution in [2.24, 2.45) is 0 Å². The molecule has 0 N–H and O–H groups in total. The van der Waals surface area contributed by atoms with Crippen LogP contribution in [0.25, 0.3) is 0 Å². The molecule has 0 saturated heterocycles. The summed E-state index contributed by atoms with van der Waals surface area (Å²) in [6.07, 6.45) is 0. The maximum Gasteiger partial charge on any atom is 0.372 e. The first-order valence-corrected chi connectivity index (χ1v) is 2.63. The third kappa shape index (κ3) is 2.07. The summed E-state index contributed by atoms with van der Waals surface area (Å²) in [7, 11) is 0. The van der Waals surface area contributed by atoms with Crippen molar-refractivity contribution in [1.29, 1.82) is 0 Å². The molecule has 0 aliphatic rings. The van der Waals surface area contributed by atoms with Crippen molar-refractivity contribution >= 4 is 0 Å². The average molecular weight is 172 g/mol.